The van der Waals surface area contributed by atoms with Crippen LogP contribution >= 0.6 is 11.6 Å². The van der Waals surface area contributed by atoms with E-state index in [-0.39, 0.29) is 5.91 Å². The smallest absolute Gasteiger partial charge is 0.255 e. The zero-order valence-corrected chi connectivity index (χ0v) is 11.0. The molecule has 0 bridgehead atoms. The van der Waals surface area contributed by atoms with Gasteiger partial charge in [0.05, 0.1) is 12.2 Å². The molecule has 0 unspecified atom stereocenters. The lowest BCUT2D eigenvalue weighted by Gasteiger charge is -2.11. The second-order valence-corrected chi connectivity index (χ2v) is 3.96. The van der Waals surface area contributed by atoms with E-state index in [0.29, 0.717) is 42.6 Å². The molecule has 0 saturated carbocycles. The molecule has 0 atom stereocenters. The third-order valence-electron chi connectivity index (χ3n) is 2.16. The Hall–Kier alpha value is -1.30. The van der Waals surface area contributed by atoms with Gasteiger partial charge >= 0.3 is 0 Å². The molecule has 1 aromatic carbocycles. The molecule has 0 heterocycles. The number of carbonyl (C=O) groups is 1. The Morgan fingerprint density at radius 1 is 1.44 bits per heavy atom. The number of benzene rings is 1. The van der Waals surface area contributed by atoms with Gasteiger partial charge in [0.2, 0.25) is 0 Å². The Balaban J connectivity index is 2.78. The highest BCUT2D eigenvalue weighted by molar-refractivity contribution is 6.31. The summed E-state index contributed by atoms with van der Waals surface area (Å²) in [5.41, 5.74) is 5.73. The average Bonchev–Trinajstić information content (AvgIpc) is 2.38. The molecule has 0 aliphatic carbocycles. The van der Waals surface area contributed by atoms with Gasteiger partial charge in [0.15, 0.2) is 0 Å². The van der Waals surface area contributed by atoms with Crippen molar-refractivity contribution in [3.05, 3.63) is 28.8 Å². The van der Waals surface area contributed by atoms with Gasteiger partial charge in [-0.15, -0.1) is 0 Å². The number of hydrogen-bond acceptors (Lipinski definition) is 4. The molecule has 0 saturated heterocycles. The first-order valence-corrected chi connectivity index (χ1v) is 5.96. The Bertz CT molecular complexity index is 399. The maximum Gasteiger partial charge on any atom is 0.255 e. The van der Waals surface area contributed by atoms with Crippen molar-refractivity contribution in [2.45, 2.75) is 0 Å². The van der Waals surface area contributed by atoms with Crippen molar-refractivity contribution in [2.24, 2.45) is 5.73 Å². The molecule has 0 fully saturated rings. The average molecular weight is 273 g/mol. The summed E-state index contributed by atoms with van der Waals surface area (Å²) in [6.45, 7) is 1.61. The van der Waals surface area contributed by atoms with Crippen molar-refractivity contribution in [3.63, 3.8) is 0 Å². The molecular formula is C12H17ClN2O3. The zero-order chi connectivity index (χ0) is 13.4. The van der Waals surface area contributed by atoms with Gasteiger partial charge in [0, 0.05) is 25.2 Å². The fraction of sp³-hybridized carbons (Fsp3) is 0.417. The number of ether oxygens (including phenoxy) is 2. The summed E-state index contributed by atoms with van der Waals surface area (Å²) >= 11 is 5.87. The molecule has 0 radical (unpaired) electrons. The molecule has 0 aliphatic rings. The van der Waals surface area contributed by atoms with Crippen LogP contribution in [-0.2, 0) is 4.74 Å². The molecule has 100 valence electrons. The molecule has 0 aliphatic heterocycles. The van der Waals surface area contributed by atoms with E-state index in [1.807, 2.05) is 0 Å². The summed E-state index contributed by atoms with van der Waals surface area (Å²) < 4.78 is 10.3. The van der Waals surface area contributed by atoms with Gasteiger partial charge in [-0.2, -0.15) is 0 Å². The molecule has 0 aromatic heterocycles. The number of nitrogens with one attached hydrogen (secondary N) is 1. The first-order valence-electron chi connectivity index (χ1n) is 5.58. The first kappa shape index (κ1) is 14.8. The molecule has 1 aromatic rings. The summed E-state index contributed by atoms with van der Waals surface area (Å²) in [5.74, 6) is 0.223. The van der Waals surface area contributed by atoms with Gasteiger partial charge in [-0.3, -0.25) is 4.79 Å². The van der Waals surface area contributed by atoms with Crippen LogP contribution in [0.3, 0.4) is 0 Å². The van der Waals surface area contributed by atoms with Crippen LogP contribution in [-0.4, -0.2) is 39.3 Å². The minimum atomic E-state index is -0.254. The number of methoxy groups -OCH3 is 1. The van der Waals surface area contributed by atoms with Crippen LogP contribution in [0.25, 0.3) is 0 Å². The fourth-order valence-corrected chi connectivity index (χ4v) is 1.49. The number of hydrogen-bond donors (Lipinski definition) is 2. The summed E-state index contributed by atoms with van der Waals surface area (Å²) in [6.07, 6.45) is 0. The minimum Gasteiger partial charge on any atom is -0.490 e. The van der Waals surface area contributed by atoms with Crippen molar-refractivity contribution in [1.29, 1.82) is 0 Å². The molecule has 18 heavy (non-hydrogen) atoms. The lowest BCUT2D eigenvalue weighted by Crippen LogP contribution is -2.29. The number of halogens is 1. The maximum atomic E-state index is 11.9. The van der Waals surface area contributed by atoms with Crippen LogP contribution in [0.15, 0.2) is 18.2 Å². The zero-order valence-electron chi connectivity index (χ0n) is 10.2. The topological polar surface area (TPSA) is 73.6 Å². The van der Waals surface area contributed by atoms with Crippen LogP contribution in [0.5, 0.6) is 5.75 Å². The van der Waals surface area contributed by atoms with Crippen LogP contribution < -0.4 is 15.8 Å². The third-order valence-corrected chi connectivity index (χ3v) is 2.40. The molecule has 1 rings (SSSR count). The predicted octanol–water partition coefficient (Wildman–Crippen LogP) is 1.05. The van der Waals surface area contributed by atoms with Gasteiger partial charge in [-0.1, -0.05) is 11.6 Å². The SMILES string of the molecule is COCCOc1ccc(Cl)cc1C(=O)NCCN. The minimum absolute atomic E-state index is 0.254. The Morgan fingerprint density at radius 2 is 2.22 bits per heavy atom. The van der Waals surface area contributed by atoms with Crippen molar-refractivity contribution in [2.75, 3.05) is 33.4 Å². The predicted molar refractivity (Wildman–Crippen MR) is 70.2 cm³/mol. The van der Waals surface area contributed by atoms with Crippen LogP contribution in [0.4, 0.5) is 0 Å². The number of amides is 1. The maximum absolute atomic E-state index is 11.9. The lowest BCUT2D eigenvalue weighted by atomic mass is 10.2. The number of carbonyl (C=O) groups excluding carboxylic acids is 1. The van der Waals surface area contributed by atoms with Crippen molar-refractivity contribution in [3.8, 4) is 5.75 Å². The number of nitrogens with two attached hydrogens (primary N) is 1. The summed E-state index contributed by atoms with van der Waals surface area (Å²) in [6, 6.07) is 4.90. The molecule has 1 amide bonds. The second-order valence-electron chi connectivity index (χ2n) is 3.53. The quantitative estimate of drug-likeness (QED) is 0.728. The van der Waals surface area contributed by atoms with Crippen molar-refractivity contribution >= 4 is 17.5 Å². The molecule has 0 spiro atoms. The Kier molecular flexibility index (Phi) is 6.49. The van der Waals surface area contributed by atoms with E-state index < -0.39 is 0 Å². The molecule has 3 N–H and O–H groups in total. The summed E-state index contributed by atoms with van der Waals surface area (Å²) in [4.78, 5) is 11.9. The number of rotatable bonds is 7. The second kappa shape index (κ2) is 7.92. The lowest BCUT2D eigenvalue weighted by molar-refractivity contribution is 0.0947. The van der Waals surface area contributed by atoms with Crippen LogP contribution in [0.2, 0.25) is 5.02 Å². The van der Waals surface area contributed by atoms with Gasteiger partial charge in [-0.25, -0.2) is 0 Å². The highest BCUT2D eigenvalue weighted by Gasteiger charge is 2.12. The summed E-state index contributed by atoms with van der Waals surface area (Å²) in [7, 11) is 1.58. The van der Waals surface area contributed by atoms with E-state index in [2.05, 4.69) is 5.32 Å². The standard InChI is InChI=1S/C12H17ClN2O3/c1-17-6-7-18-11-3-2-9(13)8-10(11)12(16)15-5-4-14/h2-3,8H,4-7,14H2,1H3,(H,15,16). The van der Waals surface area contributed by atoms with Crippen LogP contribution in [0.1, 0.15) is 10.4 Å². The Labute approximate surface area is 111 Å². The Morgan fingerprint density at radius 3 is 2.89 bits per heavy atom. The van der Waals surface area contributed by atoms with Gasteiger partial charge in [-0.05, 0) is 18.2 Å². The van der Waals surface area contributed by atoms with Gasteiger partial charge in [0.25, 0.3) is 5.91 Å². The van der Waals surface area contributed by atoms with E-state index in [0.717, 1.165) is 0 Å². The molecule has 5 nitrogen and oxygen atoms in total. The molecule has 6 heteroatoms. The van der Waals surface area contributed by atoms with E-state index >= 15 is 0 Å². The highest BCUT2D eigenvalue weighted by atomic mass is 35.5. The van der Waals surface area contributed by atoms with Gasteiger partial charge in [0.1, 0.15) is 12.4 Å². The van der Waals surface area contributed by atoms with Crippen molar-refractivity contribution in [1.82, 2.24) is 5.32 Å². The fourth-order valence-electron chi connectivity index (χ4n) is 1.32. The monoisotopic (exact) mass is 272 g/mol. The van der Waals surface area contributed by atoms with Crippen LogP contribution in [0, 0.1) is 0 Å². The van der Waals surface area contributed by atoms with E-state index in [4.69, 9.17) is 26.8 Å². The van der Waals surface area contributed by atoms with E-state index in [9.17, 15) is 4.79 Å². The van der Waals surface area contributed by atoms with Crippen molar-refractivity contribution < 1.29 is 14.3 Å². The van der Waals surface area contributed by atoms with E-state index in [1.54, 1.807) is 25.3 Å². The third kappa shape index (κ3) is 4.52. The first-order chi connectivity index (χ1) is 8.69. The summed E-state index contributed by atoms with van der Waals surface area (Å²) in [5, 5.41) is 3.15. The largest absolute Gasteiger partial charge is 0.490 e. The van der Waals surface area contributed by atoms with Gasteiger partial charge < -0.3 is 20.5 Å². The van der Waals surface area contributed by atoms with E-state index in [1.165, 1.54) is 0 Å². The highest BCUT2D eigenvalue weighted by Crippen LogP contribution is 2.22. The molecular weight excluding hydrogens is 256 g/mol. The normalized spacial score (nSPS) is 10.2.